The summed E-state index contributed by atoms with van der Waals surface area (Å²) in [6.07, 6.45) is 0. The van der Waals surface area contributed by atoms with E-state index in [1.54, 1.807) is 24.3 Å². The lowest BCUT2D eigenvalue weighted by molar-refractivity contribution is 0.162. The van der Waals surface area contributed by atoms with Crippen LogP contribution >= 0.6 is 0 Å². The minimum Gasteiger partial charge on any atom is -0.383 e. The normalized spacial score (nSPS) is 25.9. The molecule has 124 valence electrons. The predicted molar refractivity (Wildman–Crippen MR) is 86.5 cm³/mol. The van der Waals surface area contributed by atoms with Crippen molar-refractivity contribution in [1.82, 2.24) is 0 Å². The first-order valence-electron chi connectivity index (χ1n) is 7.42. The molecule has 1 fully saturated rings. The molecule has 0 radical (unpaired) electrons. The third-order valence-electron chi connectivity index (χ3n) is 4.46. The molecule has 4 nitrogen and oxygen atoms in total. The topological polar surface area (TPSA) is 67.2 Å². The highest BCUT2D eigenvalue weighted by atomic mass is 32.2. The summed E-state index contributed by atoms with van der Waals surface area (Å²) in [4.78, 5) is 0.157. The van der Waals surface area contributed by atoms with E-state index in [-0.39, 0.29) is 11.5 Å². The van der Waals surface area contributed by atoms with Gasteiger partial charge in [-0.15, -0.1) is 0 Å². The molecule has 1 saturated carbocycles. The van der Waals surface area contributed by atoms with Crippen molar-refractivity contribution >= 4 is 9.84 Å². The van der Waals surface area contributed by atoms with Crippen LogP contribution in [0.4, 0.5) is 4.39 Å². The maximum absolute atomic E-state index is 13.6. The van der Waals surface area contributed by atoms with Gasteiger partial charge in [0.05, 0.1) is 22.8 Å². The lowest BCUT2D eigenvalue weighted by atomic mass is 10.0. The Bertz CT molecular complexity index is 892. The molecular weight excluding hydrogens is 329 g/mol. The molecule has 0 unspecified atom stereocenters. The van der Waals surface area contributed by atoms with Gasteiger partial charge in [0.2, 0.25) is 0 Å². The van der Waals surface area contributed by atoms with Crippen LogP contribution < -0.4 is 0 Å². The first-order valence-corrected chi connectivity index (χ1v) is 8.96. The largest absolute Gasteiger partial charge is 0.383 e. The number of nitriles is 1. The van der Waals surface area contributed by atoms with Crippen LogP contribution in [0.1, 0.15) is 11.5 Å². The van der Waals surface area contributed by atoms with Gasteiger partial charge in [0.15, 0.2) is 9.84 Å². The average Bonchev–Trinajstić information content (AvgIpc) is 3.26. The molecule has 0 bridgehead atoms. The number of halogens is 1. The van der Waals surface area contributed by atoms with E-state index in [9.17, 15) is 18.1 Å². The van der Waals surface area contributed by atoms with Crippen LogP contribution in [0.5, 0.6) is 0 Å². The van der Waals surface area contributed by atoms with E-state index in [0.717, 1.165) is 0 Å². The number of nitrogens with zero attached hydrogens (tertiary/aromatic N) is 1. The van der Waals surface area contributed by atoms with Gasteiger partial charge in [-0.05, 0) is 29.8 Å². The number of benzene rings is 2. The number of sulfone groups is 1. The van der Waals surface area contributed by atoms with Crippen molar-refractivity contribution in [2.24, 2.45) is 5.41 Å². The summed E-state index contributed by atoms with van der Waals surface area (Å²) < 4.78 is 44.7. The first-order chi connectivity index (χ1) is 11.5. The van der Waals surface area contributed by atoms with Gasteiger partial charge in [-0.25, -0.2) is 12.8 Å². The van der Waals surface area contributed by atoms with E-state index >= 15 is 0 Å². The minimum absolute atomic E-state index is 0.0264. The van der Waals surface area contributed by atoms with Crippen molar-refractivity contribution in [3.8, 4) is 6.07 Å². The molecule has 0 N–H and O–H groups in total. The molecule has 0 heterocycles. The first kappa shape index (κ1) is 16.6. The summed E-state index contributed by atoms with van der Waals surface area (Å²) in [7, 11) is -2.32. The Morgan fingerprint density at radius 2 is 1.92 bits per heavy atom. The SMILES string of the molecule is COC[C@@]1(C#N)[C@H](S(=O)(=O)c2ccccc2)[C@@H]1c1cccc(F)c1. The van der Waals surface area contributed by atoms with Gasteiger partial charge in [0.25, 0.3) is 0 Å². The van der Waals surface area contributed by atoms with Crippen molar-refractivity contribution in [3.63, 3.8) is 0 Å². The monoisotopic (exact) mass is 345 g/mol. The summed E-state index contributed by atoms with van der Waals surface area (Å²) in [5, 5.41) is 8.72. The van der Waals surface area contributed by atoms with Crippen LogP contribution in [0, 0.1) is 22.6 Å². The Labute approximate surface area is 140 Å². The van der Waals surface area contributed by atoms with E-state index in [1.165, 1.54) is 37.4 Å². The summed E-state index contributed by atoms with van der Waals surface area (Å²) >= 11 is 0. The molecule has 2 aromatic rings. The molecule has 0 aliphatic heterocycles. The molecule has 0 spiro atoms. The van der Waals surface area contributed by atoms with Crippen LogP contribution in [0.25, 0.3) is 0 Å². The summed E-state index contributed by atoms with van der Waals surface area (Å²) in [6.45, 7) is -0.0264. The lowest BCUT2D eigenvalue weighted by Gasteiger charge is -2.08. The van der Waals surface area contributed by atoms with Gasteiger partial charge >= 0.3 is 0 Å². The highest BCUT2D eigenvalue weighted by molar-refractivity contribution is 7.92. The number of hydrogen-bond acceptors (Lipinski definition) is 4. The predicted octanol–water partition coefficient (Wildman–Crippen LogP) is 2.92. The van der Waals surface area contributed by atoms with Gasteiger partial charge in [-0.2, -0.15) is 5.26 Å². The zero-order valence-corrected chi connectivity index (χ0v) is 13.8. The third-order valence-corrected chi connectivity index (χ3v) is 6.75. The second-order valence-corrected chi connectivity index (χ2v) is 7.97. The average molecular weight is 345 g/mol. The smallest absolute Gasteiger partial charge is 0.183 e. The maximum Gasteiger partial charge on any atom is 0.183 e. The quantitative estimate of drug-likeness (QED) is 0.836. The number of ether oxygens (including phenoxy) is 1. The van der Waals surface area contributed by atoms with Crippen molar-refractivity contribution < 1.29 is 17.5 Å². The van der Waals surface area contributed by atoms with Gasteiger partial charge in [-0.1, -0.05) is 30.3 Å². The van der Waals surface area contributed by atoms with E-state index < -0.39 is 32.2 Å². The highest BCUT2D eigenvalue weighted by Gasteiger charge is 2.72. The van der Waals surface area contributed by atoms with Gasteiger partial charge in [0, 0.05) is 13.0 Å². The van der Waals surface area contributed by atoms with Crippen LogP contribution in [-0.4, -0.2) is 27.4 Å². The Kier molecular flexibility index (Phi) is 4.16. The molecule has 0 amide bonds. The third kappa shape index (κ3) is 2.50. The van der Waals surface area contributed by atoms with Crippen LogP contribution in [-0.2, 0) is 14.6 Å². The molecule has 3 atom stereocenters. The van der Waals surface area contributed by atoms with Gasteiger partial charge < -0.3 is 4.74 Å². The second-order valence-electron chi connectivity index (χ2n) is 5.90. The van der Waals surface area contributed by atoms with E-state index in [2.05, 4.69) is 6.07 Å². The Balaban J connectivity index is 2.10. The van der Waals surface area contributed by atoms with E-state index in [0.29, 0.717) is 5.56 Å². The lowest BCUT2D eigenvalue weighted by Crippen LogP contribution is -2.19. The molecule has 0 aromatic heterocycles. The fourth-order valence-corrected chi connectivity index (χ4v) is 5.70. The van der Waals surface area contributed by atoms with Crippen molar-refractivity contribution in [2.45, 2.75) is 16.1 Å². The summed E-state index contributed by atoms with van der Waals surface area (Å²) in [5.41, 5.74) is -0.713. The molecule has 1 aliphatic rings. The van der Waals surface area contributed by atoms with Crippen LogP contribution in [0.2, 0.25) is 0 Å². The second kappa shape index (κ2) is 6.00. The molecule has 2 aromatic carbocycles. The van der Waals surface area contributed by atoms with Crippen molar-refractivity contribution in [3.05, 3.63) is 66.0 Å². The van der Waals surface area contributed by atoms with Crippen molar-refractivity contribution in [2.75, 3.05) is 13.7 Å². The molecule has 3 rings (SSSR count). The Morgan fingerprint density at radius 3 is 2.50 bits per heavy atom. The summed E-state index contributed by atoms with van der Waals surface area (Å²) in [5.74, 6) is -1.08. The number of rotatable bonds is 5. The molecule has 0 saturated heterocycles. The minimum atomic E-state index is -3.74. The zero-order valence-electron chi connectivity index (χ0n) is 13.0. The fraction of sp³-hybridized carbons (Fsp3) is 0.278. The van der Waals surface area contributed by atoms with E-state index in [4.69, 9.17) is 4.74 Å². The fourth-order valence-electron chi connectivity index (χ4n) is 3.37. The maximum atomic E-state index is 13.6. The Morgan fingerprint density at radius 1 is 1.21 bits per heavy atom. The summed E-state index contributed by atoms with van der Waals surface area (Å²) in [6, 6.07) is 15.9. The molecule has 24 heavy (non-hydrogen) atoms. The number of hydrogen-bond donors (Lipinski definition) is 0. The van der Waals surface area contributed by atoms with Gasteiger partial charge in [-0.3, -0.25) is 0 Å². The molecule has 1 aliphatic carbocycles. The van der Waals surface area contributed by atoms with Gasteiger partial charge in [0.1, 0.15) is 11.2 Å². The standard InChI is InChI=1S/C18H16FNO3S/c1-23-12-18(11-20)16(13-6-5-7-14(19)10-13)17(18)24(21,22)15-8-3-2-4-9-15/h2-10,16-17H,12H2,1H3/t16-,17+,18+/m0/s1. The van der Waals surface area contributed by atoms with E-state index in [1.807, 2.05) is 0 Å². The number of methoxy groups -OCH3 is 1. The Hall–Kier alpha value is -2.23. The van der Waals surface area contributed by atoms with Crippen molar-refractivity contribution in [1.29, 1.82) is 5.26 Å². The van der Waals surface area contributed by atoms with Crippen LogP contribution in [0.15, 0.2) is 59.5 Å². The molecular formula is C18H16FNO3S. The highest BCUT2D eigenvalue weighted by Crippen LogP contribution is 2.63. The molecule has 6 heteroatoms. The van der Waals surface area contributed by atoms with Crippen LogP contribution in [0.3, 0.4) is 0 Å². The zero-order chi connectivity index (χ0) is 17.4.